The summed E-state index contributed by atoms with van der Waals surface area (Å²) in [6.45, 7) is -0.432. The van der Waals surface area contributed by atoms with Crippen molar-refractivity contribution in [2.75, 3.05) is 19.6 Å². The monoisotopic (exact) mass is 279 g/mol. The van der Waals surface area contributed by atoms with E-state index in [0.29, 0.717) is 5.39 Å². The van der Waals surface area contributed by atoms with Gasteiger partial charge in [0.2, 0.25) is 0 Å². The number of hydrogen-bond donors (Lipinski definition) is 1. The predicted molar refractivity (Wildman–Crippen MR) is 72.7 cm³/mol. The minimum atomic E-state index is -2.60. The third-order valence-corrected chi connectivity index (χ3v) is 2.92. The van der Waals surface area contributed by atoms with Crippen molar-refractivity contribution in [1.82, 2.24) is 9.88 Å². The molecule has 0 saturated heterocycles. The van der Waals surface area contributed by atoms with Crippen molar-refractivity contribution in [2.45, 2.75) is 6.43 Å². The Morgan fingerprint density at radius 1 is 1.30 bits per heavy atom. The standard InChI is InChI=1S/C14H15F2N3O/c15-12(16)9-19(8-6-17)14(20)13-11-4-2-1-3-10(11)5-7-18-13/h1-5,7,12H,6,8-9,17H2. The van der Waals surface area contributed by atoms with Gasteiger partial charge in [0.15, 0.2) is 0 Å². The fourth-order valence-corrected chi connectivity index (χ4v) is 2.04. The molecule has 4 nitrogen and oxygen atoms in total. The van der Waals surface area contributed by atoms with E-state index in [9.17, 15) is 13.6 Å². The molecule has 0 radical (unpaired) electrons. The minimum Gasteiger partial charge on any atom is -0.330 e. The van der Waals surface area contributed by atoms with Crippen LogP contribution in [-0.2, 0) is 0 Å². The molecule has 0 saturated carbocycles. The summed E-state index contributed by atoms with van der Waals surface area (Å²) >= 11 is 0. The largest absolute Gasteiger partial charge is 0.330 e. The lowest BCUT2D eigenvalue weighted by molar-refractivity contribution is 0.0560. The second kappa shape index (κ2) is 6.38. The number of nitrogens with two attached hydrogens (primary N) is 1. The van der Waals surface area contributed by atoms with Gasteiger partial charge >= 0.3 is 0 Å². The van der Waals surface area contributed by atoms with Crippen LogP contribution in [-0.4, -0.2) is 41.9 Å². The smallest absolute Gasteiger partial charge is 0.273 e. The van der Waals surface area contributed by atoms with Crippen LogP contribution >= 0.6 is 0 Å². The zero-order valence-electron chi connectivity index (χ0n) is 10.8. The molecule has 0 aliphatic heterocycles. The van der Waals surface area contributed by atoms with E-state index in [1.54, 1.807) is 18.2 Å². The Bertz CT molecular complexity index is 598. The summed E-state index contributed by atoms with van der Waals surface area (Å²) in [4.78, 5) is 17.4. The molecular weight excluding hydrogens is 264 g/mol. The summed E-state index contributed by atoms with van der Waals surface area (Å²) in [5, 5.41) is 1.49. The number of hydrogen-bond acceptors (Lipinski definition) is 3. The van der Waals surface area contributed by atoms with Gasteiger partial charge in [0.1, 0.15) is 5.69 Å². The number of benzene rings is 1. The number of carbonyl (C=O) groups is 1. The maximum absolute atomic E-state index is 12.5. The molecular formula is C14H15F2N3O. The zero-order valence-corrected chi connectivity index (χ0v) is 10.8. The Morgan fingerprint density at radius 3 is 2.75 bits per heavy atom. The molecule has 0 atom stereocenters. The highest BCUT2D eigenvalue weighted by Crippen LogP contribution is 2.18. The highest BCUT2D eigenvalue weighted by Gasteiger charge is 2.21. The van der Waals surface area contributed by atoms with Crippen molar-refractivity contribution in [2.24, 2.45) is 5.73 Å². The van der Waals surface area contributed by atoms with Crippen LogP contribution < -0.4 is 5.73 Å². The van der Waals surface area contributed by atoms with Gasteiger partial charge in [0.25, 0.3) is 12.3 Å². The summed E-state index contributed by atoms with van der Waals surface area (Å²) in [6.07, 6.45) is -1.10. The average Bonchev–Trinajstić information content (AvgIpc) is 2.45. The van der Waals surface area contributed by atoms with Gasteiger partial charge in [-0.2, -0.15) is 0 Å². The number of nitrogens with zero attached hydrogens (tertiary/aromatic N) is 2. The summed E-state index contributed by atoms with van der Waals surface area (Å²) in [5.41, 5.74) is 5.55. The van der Waals surface area contributed by atoms with Crippen molar-refractivity contribution >= 4 is 16.7 Å². The molecule has 0 bridgehead atoms. The number of rotatable bonds is 5. The fraction of sp³-hybridized carbons (Fsp3) is 0.286. The molecule has 2 N–H and O–H groups in total. The van der Waals surface area contributed by atoms with Crippen LogP contribution in [0.1, 0.15) is 10.5 Å². The number of aromatic nitrogens is 1. The lowest BCUT2D eigenvalue weighted by Gasteiger charge is -2.21. The Kier molecular flexibility index (Phi) is 4.57. The van der Waals surface area contributed by atoms with E-state index >= 15 is 0 Å². The first-order valence-electron chi connectivity index (χ1n) is 6.24. The van der Waals surface area contributed by atoms with Gasteiger partial charge < -0.3 is 10.6 Å². The van der Waals surface area contributed by atoms with E-state index in [2.05, 4.69) is 4.98 Å². The quantitative estimate of drug-likeness (QED) is 0.909. The number of pyridine rings is 1. The molecule has 1 aromatic heterocycles. The Hall–Kier alpha value is -2.08. The van der Waals surface area contributed by atoms with Gasteiger partial charge in [0, 0.05) is 24.7 Å². The molecule has 0 fully saturated rings. The van der Waals surface area contributed by atoms with Crippen molar-refractivity contribution in [3.63, 3.8) is 0 Å². The third-order valence-electron chi connectivity index (χ3n) is 2.92. The van der Waals surface area contributed by atoms with E-state index in [4.69, 9.17) is 5.73 Å². The summed E-state index contributed by atoms with van der Waals surface area (Å²) in [7, 11) is 0. The average molecular weight is 279 g/mol. The van der Waals surface area contributed by atoms with E-state index in [0.717, 1.165) is 10.3 Å². The SMILES string of the molecule is NCCN(CC(F)F)C(=O)c1nccc2ccccc12. The molecule has 1 aromatic carbocycles. The molecule has 0 unspecified atom stereocenters. The first-order valence-corrected chi connectivity index (χ1v) is 6.24. The third kappa shape index (κ3) is 3.08. The number of carbonyl (C=O) groups excluding carboxylic acids is 1. The van der Waals surface area contributed by atoms with Crippen molar-refractivity contribution in [3.05, 3.63) is 42.2 Å². The van der Waals surface area contributed by atoms with Crippen LogP contribution in [0, 0.1) is 0 Å². The maximum atomic E-state index is 12.5. The van der Waals surface area contributed by atoms with Crippen LogP contribution in [0.5, 0.6) is 0 Å². The summed E-state index contributed by atoms with van der Waals surface area (Å²) < 4.78 is 25.1. The first-order chi connectivity index (χ1) is 9.63. The number of fused-ring (bicyclic) bond motifs is 1. The summed E-state index contributed by atoms with van der Waals surface area (Å²) in [6, 6.07) is 8.98. The first kappa shape index (κ1) is 14.3. The van der Waals surface area contributed by atoms with E-state index in [-0.39, 0.29) is 18.8 Å². The molecule has 1 heterocycles. The molecule has 106 valence electrons. The van der Waals surface area contributed by atoms with Crippen molar-refractivity contribution in [1.29, 1.82) is 0 Å². The van der Waals surface area contributed by atoms with Gasteiger partial charge in [-0.3, -0.25) is 9.78 Å². The van der Waals surface area contributed by atoms with Crippen molar-refractivity contribution in [3.8, 4) is 0 Å². The van der Waals surface area contributed by atoms with Crippen LogP contribution in [0.15, 0.2) is 36.5 Å². The molecule has 2 rings (SSSR count). The lowest BCUT2D eigenvalue weighted by atomic mass is 10.1. The van der Waals surface area contributed by atoms with Crippen LogP contribution in [0.3, 0.4) is 0 Å². The number of halogens is 2. The number of alkyl halides is 2. The van der Waals surface area contributed by atoms with Gasteiger partial charge in [-0.15, -0.1) is 0 Å². The lowest BCUT2D eigenvalue weighted by Crippen LogP contribution is -2.39. The molecule has 2 aromatic rings. The normalized spacial score (nSPS) is 11.0. The van der Waals surface area contributed by atoms with Gasteiger partial charge in [-0.05, 0) is 11.5 Å². The molecule has 0 spiro atoms. The van der Waals surface area contributed by atoms with Crippen molar-refractivity contribution < 1.29 is 13.6 Å². The highest BCUT2D eigenvalue weighted by atomic mass is 19.3. The Balaban J connectivity index is 2.38. The van der Waals surface area contributed by atoms with Gasteiger partial charge in [0.05, 0.1) is 6.54 Å². The Morgan fingerprint density at radius 2 is 2.05 bits per heavy atom. The topological polar surface area (TPSA) is 59.2 Å². The molecule has 0 aliphatic rings. The minimum absolute atomic E-state index is 0.0775. The maximum Gasteiger partial charge on any atom is 0.273 e. The molecule has 6 heteroatoms. The van der Waals surface area contributed by atoms with Gasteiger partial charge in [-0.1, -0.05) is 24.3 Å². The van der Waals surface area contributed by atoms with Crippen LogP contribution in [0.4, 0.5) is 8.78 Å². The zero-order chi connectivity index (χ0) is 14.5. The summed E-state index contributed by atoms with van der Waals surface area (Å²) in [5.74, 6) is -0.521. The predicted octanol–water partition coefficient (Wildman–Crippen LogP) is 1.90. The second-order valence-electron chi connectivity index (χ2n) is 4.31. The second-order valence-corrected chi connectivity index (χ2v) is 4.31. The number of amides is 1. The van der Waals surface area contributed by atoms with Crippen LogP contribution in [0.2, 0.25) is 0 Å². The molecule has 20 heavy (non-hydrogen) atoms. The van der Waals surface area contributed by atoms with Crippen LogP contribution in [0.25, 0.3) is 10.8 Å². The van der Waals surface area contributed by atoms with E-state index < -0.39 is 18.9 Å². The van der Waals surface area contributed by atoms with Gasteiger partial charge in [-0.25, -0.2) is 8.78 Å². The highest BCUT2D eigenvalue weighted by molar-refractivity contribution is 6.05. The molecule has 1 amide bonds. The van der Waals surface area contributed by atoms with E-state index in [1.807, 2.05) is 12.1 Å². The fourth-order valence-electron chi connectivity index (χ4n) is 2.04. The molecule has 0 aliphatic carbocycles. The van der Waals surface area contributed by atoms with E-state index in [1.165, 1.54) is 6.20 Å². The Labute approximate surface area is 115 Å².